The van der Waals surface area contributed by atoms with Crippen molar-refractivity contribution in [2.45, 2.75) is 50.9 Å². The zero-order valence-electron chi connectivity index (χ0n) is 13.3. The van der Waals surface area contributed by atoms with Gasteiger partial charge in [0, 0.05) is 31.1 Å². The van der Waals surface area contributed by atoms with Crippen molar-refractivity contribution in [1.82, 2.24) is 15.1 Å². The Morgan fingerprint density at radius 1 is 1.35 bits per heavy atom. The summed E-state index contributed by atoms with van der Waals surface area (Å²) >= 11 is 0. The van der Waals surface area contributed by atoms with Gasteiger partial charge in [-0.3, -0.25) is 9.48 Å². The monoisotopic (exact) mass is 323 g/mol. The van der Waals surface area contributed by atoms with Crippen molar-refractivity contribution < 1.29 is 19.7 Å². The number of aliphatic hydroxyl groups excluding tert-OH is 2. The van der Waals surface area contributed by atoms with Crippen LogP contribution in [0.4, 0.5) is 0 Å². The SMILES string of the molecule is O=C(CCn1ncc2c1CCCC2)NC[C@@H]1COC[C@@H](O)[C@H]1O. The van der Waals surface area contributed by atoms with Crippen molar-refractivity contribution in [1.29, 1.82) is 0 Å². The van der Waals surface area contributed by atoms with Gasteiger partial charge in [-0.25, -0.2) is 0 Å². The molecule has 3 atom stereocenters. The number of carbonyl (C=O) groups is 1. The number of aromatic nitrogens is 2. The lowest BCUT2D eigenvalue weighted by Crippen LogP contribution is -2.48. The highest BCUT2D eigenvalue weighted by Gasteiger charge is 2.31. The van der Waals surface area contributed by atoms with E-state index in [-0.39, 0.29) is 18.4 Å². The lowest BCUT2D eigenvalue weighted by molar-refractivity contribution is -0.128. The van der Waals surface area contributed by atoms with Gasteiger partial charge in [-0.15, -0.1) is 0 Å². The van der Waals surface area contributed by atoms with E-state index < -0.39 is 12.2 Å². The Labute approximate surface area is 135 Å². The van der Waals surface area contributed by atoms with Gasteiger partial charge in [0.25, 0.3) is 0 Å². The second kappa shape index (κ2) is 7.42. The molecule has 0 spiro atoms. The van der Waals surface area contributed by atoms with Crippen LogP contribution in [0.5, 0.6) is 0 Å². The second-order valence-electron chi connectivity index (χ2n) is 6.46. The van der Waals surface area contributed by atoms with Crippen LogP contribution in [-0.2, 0) is 28.9 Å². The Morgan fingerprint density at radius 2 is 2.17 bits per heavy atom. The van der Waals surface area contributed by atoms with Gasteiger partial charge in [0.05, 0.1) is 25.5 Å². The minimum Gasteiger partial charge on any atom is -0.390 e. The standard InChI is InChI=1S/C16H25N3O4/c20-14-10-23-9-12(16(14)22)7-17-15(21)5-6-19-13-4-2-1-3-11(13)8-18-19/h8,12,14,16,20,22H,1-7,9-10H2,(H,17,21)/t12-,14-,16+/m1/s1. The highest BCUT2D eigenvalue weighted by atomic mass is 16.5. The van der Waals surface area contributed by atoms with Crippen LogP contribution in [0.2, 0.25) is 0 Å². The fourth-order valence-corrected chi connectivity index (χ4v) is 3.32. The molecule has 3 N–H and O–H groups in total. The molecule has 0 bridgehead atoms. The predicted octanol–water partition coefficient (Wildman–Crippen LogP) is -0.364. The molecule has 1 aromatic rings. The summed E-state index contributed by atoms with van der Waals surface area (Å²) in [6, 6.07) is 0. The van der Waals surface area contributed by atoms with Crippen molar-refractivity contribution >= 4 is 5.91 Å². The Kier molecular flexibility index (Phi) is 5.30. The molecule has 2 heterocycles. The van der Waals surface area contributed by atoms with Crippen LogP contribution in [0.1, 0.15) is 30.5 Å². The summed E-state index contributed by atoms with van der Waals surface area (Å²) in [6.07, 6.45) is 5.10. The van der Waals surface area contributed by atoms with Crippen LogP contribution in [0.25, 0.3) is 0 Å². The maximum Gasteiger partial charge on any atom is 0.221 e. The molecule has 1 saturated heterocycles. The summed E-state index contributed by atoms with van der Waals surface area (Å²) < 4.78 is 7.14. The third kappa shape index (κ3) is 3.91. The topological polar surface area (TPSA) is 96.6 Å². The summed E-state index contributed by atoms with van der Waals surface area (Å²) in [6.45, 7) is 1.39. The average molecular weight is 323 g/mol. The van der Waals surface area contributed by atoms with Crippen molar-refractivity contribution in [2.24, 2.45) is 5.92 Å². The predicted molar refractivity (Wildman–Crippen MR) is 82.8 cm³/mol. The first-order valence-electron chi connectivity index (χ1n) is 8.39. The van der Waals surface area contributed by atoms with E-state index in [1.54, 1.807) is 0 Å². The molecule has 1 fully saturated rings. The highest BCUT2D eigenvalue weighted by molar-refractivity contribution is 5.75. The maximum absolute atomic E-state index is 12.0. The summed E-state index contributed by atoms with van der Waals surface area (Å²) in [5.74, 6) is -0.336. The van der Waals surface area contributed by atoms with Gasteiger partial charge in [-0.2, -0.15) is 5.10 Å². The van der Waals surface area contributed by atoms with Crippen LogP contribution < -0.4 is 5.32 Å². The van der Waals surface area contributed by atoms with E-state index in [0.29, 0.717) is 26.1 Å². The molecule has 0 unspecified atom stereocenters. The summed E-state index contributed by atoms with van der Waals surface area (Å²) in [5, 5.41) is 26.6. The molecule has 1 aliphatic carbocycles. The van der Waals surface area contributed by atoms with Crippen LogP contribution in [0.15, 0.2) is 6.20 Å². The summed E-state index contributed by atoms with van der Waals surface area (Å²) in [5.41, 5.74) is 2.58. The van der Waals surface area contributed by atoms with E-state index in [1.807, 2.05) is 10.9 Å². The highest BCUT2D eigenvalue weighted by Crippen LogP contribution is 2.20. The van der Waals surface area contributed by atoms with E-state index >= 15 is 0 Å². The van der Waals surface area contributed by atoms with Crippen molar-refractivity contribution in [3.05, 3.63) is 17.5 Å². The van der Waals surface area contributed by atoms with Crippen molar-refractivity contribution in [2.75, 3.05) is 19.8 Å². The van der Waals surface area contributed by atoms with Gasteiger partial charge >= 0.3 is 0 Å². The van der Waals surface area contributed by atoms with E-state index in [4.69, 9.17) is 4.74 Å². The third-order valence-corrected chi connectivity index (χ3v) is 4.75. The van der Waals surface area contributed by atoms with Gasteiger partial charge in [-0.05, 0) is 31.2 Å². The van der Waals surface area contributed by atoms with Gasteiger partial charge in [0.15, 0.2) is 0 Å². The van der Waals surface area contributed by atoms with Gasteiger partial charge in [0.2, 0.25) is 5.91 Å². The zero-order valence-corrected chi connectivity index (χ0v) is 13.3. The molecule has 1 aromatic heterocycles. The van der Waals surface area contributed by atoms with Crippen LogP contribution in [0, 0.1) is 5.92 Å². The van der Waals surface area contributed by atoms with Crippen LogP contribution in [0.3, 0.4) is 0 Å². The molecule has 23 heavy (non-hydrogen) atoms. The minimum atomic E-state index is -0.874. The van der Waals surface area contributed by atoms with Crippen LogP contribution in [-0.4, -0.2) is 57.9 Å². The number of nitrogens with zero attached hydrogens (tertiary/aromatic N) is 2. The molecule has 7 heteroatoms. The average Bonchev–Trinajstić information content (AvgIpc) is 2.97. The molecule has 3 rings (SSSR count). The molecule has 1 aliphatic heterocycles. The fourth-order valence-electron chi connectivity index (χ4n) is 3.32. The summed E-state index contributed by atoms with van der Waals surface area (Å²) in [7, 11) is 0. The lowest BCUT2D eigenvalue weighted by Gasteiger charge is -2.31. The number of hydrogen-bond acceptors (Lipinski definition) is 5. The van der Waals surface area contributed by atoms with Gasteiger partial charge in [-0.1, -0.05) is 0 Å². The van der Waals surface area contributed by atoms with E-state index in [9.17, 15) is 15.0 Å². The lowest BCUT2D eigenvalue weighted by atomic mass is 9.96. The number of carbonyl (C=O) groups excluding carboxylic acids is 1. The number of aryl methyl sites for hydroxylation is 2. The number of rotatable bonds is 5. The largest absolute Gasteiger partial charge is 0.390 e. The molecule has 0 aromatic carbocycles. The number of amides is 1. The minimum absolute atomic E-state index is 0.0719. The molecule has 1 amide bonds. The van der Waals surface area contributed by atoms with Gasteiger partial charge < -0.3 is 20.3 Å². The van der Waals surface area contributed by atoms with E-state index in [1.165, 1.54) is 24.1 Å². The zero-order chi connectivity index (χ0) is 16.2. The number of fused-ring (bicyclic) bond motifs is 1. The van der Waals surface area contributed by atoms with Crippen molar-refractivity contribution in [3.63, 3.8) is 0 Å². The Bertz CT molecular complexity index is 545. The number of aliphatic hydroxyl groups is 2. The van der Waals surface area contributed by atoms with Crippen LogP contribution >= 0.6 is 0 Å². The van der Waals surface area contributed by atoms with Gasteiger partial charge in [0.1, 0.15) is 6.10 Å². The number of nitrogens with one attached hydrogen (secondary N) is 1. The first kappa shape index (κ1) is 16.4. The maximum atomic E-state index is 12.0. The molecule has 0 saturated carbocycles. The smallest absolute Gasteiger partial charge is 0.221 e. The Balaban J connectivity index is 1.44. The number of hydrogen-bond donors (Lipinski definition) is 3. The Morgan fingerprint density at radius 3 is 3.04 bits per heavy atom. The second-order valence-corrected chi connectivity index (χ2v) is 6.46. The molecule has 2 aliphatic rings. The first-order chi connectivity index (χ1) is 11.1. The molecule has 128 valence electrons. The van der Waals surface area contributed by atoms with Crippen molar-refractivity contribution in [3.8, 4) is 0 Å². The molecular formula is C16H25N3O4. The number of ether oxygens (including phenoxy) is 1. The quantitative estimate of drug-likeness (QED) is 0.687. The third-order valence-electron chi connectivity index (χ3n) is 4.75. The molecular weight excluding hydrogens is 298 g/mol. The molecule has 7 nitrogen and oxygen atoms in total. The Hall–Kier alpha value is -1.44. The normalized spacial score (nSPS) is 27.5. The molecule has 0 radical (unpaired) electrons. The first-order valence-corrected chi connectivity index (χ1v) is 8.39. The fraction of sp³-hybridized carbons (Fsp3) is 0.750. The van der Waals surface area contributed by atoms with E-state index in [0.717, 1.165) is 12.8 Å². The summed E-state index contributed by atoms with van der Waals surface area (Å²) in [4.78, 5) is 12.0. The van der Waals surface area contributed by atoms with E-state index in [2.05, 4.69) is 10.4 Å².